The summed E-state index contributed by atoms with van der Waals surface area (Å²) in [7, 11) is 0. The van der Waals surface area contributed by atoms with E-state index in [-0.39, 0.29) is 0 Å². The van der Waals surface area contributed by atoms with Gasteiger partial charge in [0.05, 0.1) is 0 Å². The van der Waals surface area contributed by atoms with E-state index in [0.29, 0.717) is 0 Å². The summed E-state index contributed by atoms with van der Waals surface area (Å²) in [4.78, 5) is 5.36. The summed E-state index contributed by atoms with van der Waals surface area (Å²) in [5.74, 6) is 0. The summed E-state index contributed by atoms with van der Waals surface area (Å²) >= 11 is 0. The Hall–Kier alpha value is -0.120. The molecule has 3 nitrogen and oxygen atoms in total. The van der Waals surface area contributed by atoms with Gasteiger partial charge in [0.15, 0.2) is 0 Å². The quantitative estimate of drug-likeness (QED) is 0.775. The fraction of sp³-hybridized carbons (Fsp3) is 1.00. The Morgan fingerprint density at radius 1 is 1.17 bits per heavy atom. The van der Waals surface area contributed by atoms with Gasteiger partial charge in [0, 0.05) is 31.2 Å². The van der Waals surface area contributed by atoms with E-state index in [2.05, 4.69) is 22.0 Å². The van der Waals surface area contributed by atoms with Crippen molar-refractivity contribution in [3.8, 4) is 0 Å². The first-order valence-electron chi connectivity index (χ1n) is 8.08. The summed E-state index contributed by atoms with van der Waals surface area (Å²) in [5, 5.41) is 3.81. The van der Waals surface area contributed by atoms with Crippen molar-refractivity contribution in [1.29, 1.82) is 0 Å². The van der Waals surface area contributed by atoms with E-state index in [1.54, 1.807) is 0 Å². The topological polar surface area (TPSA) is 18.5 Å². The highest BCUT2D eigenvalue weighted by molar-refractivity contribution is 4.89. The van der Waals surface area contributed by atoms with E-state index in [1.165, 1.54) is 71.2 Å². The molecule has 2 unspecified atom stereocenters. The standard InChI is InChI=1S/C15H29N3/c1-2-17(14-5-6-14)11-8-16-13-7-10-18-9-3-4-15(18)12-13/h13-16H,2-12H2,1H3. The molecule has 3 rings (SSSR count). The minimum absolute atomic E-state index is 0.794. The molecular weight excluding hydrogens is 222 g/mol. The first-order chi connectivity index (χ1) is 8.86. The van der Waals surface area contributed by atoms with Crippen molar-refractivity contribution in [2.24, 2.45) is 0 Å². The number of piperidine rings is 1. The number of likely N-dealkylation sites (N-methyl/N-ethyl adjacent to an activating group) is 1. The monoisotopic (exact) mass is 251 g/mol. The van der Waals surface area contributed by atoms with Crippen LogP contribution in [0.15, 0.2) is 0 Å². The van der Waals surface area contributed by atoms with Crippen molar-refractivity contribution in [3.63, 3.8) is 0 Å². The Bertz CT molecular complexity index is 264. The molecule has 3 fully saturated rings. The van der Waals surface area contributed by atoms with Crippen molar-refractivity contribution in [2.45, 2.75) is 63.6 Å². The maximum atomic E-state index is 3.81. The van der Waals surface area contributed by atoms with Crippen LogP contribution in [-0.2, 0) is 0 Å². The minimum Gasteiger partial charge on any atom is -0.313 e. The van der Waals surface area contributed by atoms with Crippen molar-refractivity contribution < 1.29 is 0 Å². The Labute approximate surface area is 112 Å². The molecule has 2 heterocycles. The third kappa shape index (κ3) is 3.06. The zero-order valence-corrected chi connectivity index (χ0v) is 11.9. The van der Waals surface area contributed by atoms with Crippen molar-refractivity contribution in [2.75, 3.05) is 32.7 Å². The molecule has 2 atom stereocenters. The van der Waals surface area contributed by atoms with Gasteiger partial charge in [-0.1, -0.05) is 6.92 Å². The first kappa shape index (κ1) is 12.9. The van der Waals surface area contributed by atoms with Crippen LogP contribution in [0.25, 0.3) is 0 Å². The largest absolute Gasteiger partial charge is 0.313 e. The van der Waals surface area contributed by atoms with E-state index in [4.69, 9.17) is 0 Å². The van der Waals surface area contributed by atoms with E-state index >= 15 is 0 Å². The number of hydrogen-bond donors (Lipinski definition) is 1. The van der Waals surface area contributed by atoms with Gasteiger partial charge < -0.3 is 10.2 Å². The molecule has 2 saturated heterocycles. The highest BCUT2D eigenvalue weighted by Gasteiger charge is 2.31. The Balaban J connectivity index is 1.35. The molecule has 1 aliphatic carbocycles. The Morgan fingerprint density at radius 2 is 2.06 bits per heavy atom. The van der Waals surface area contributed by atoms with Gasteiger partial charge in [-0.15, -0.1) is 0 Å². The van der Waals surface area contributed by atoms with Gasteiger partial charge >= 0.3 is 0 Å². The van der Waals surface area contributed by atoms with Crippen molar-refractivity contribution >= 4 is 0 Å². The van der Waals surface area contributed by atoms with Gasteiger partial charge in [0.2, 0.25) is 0 Å². The number of hydrogen-bond acceptors (Lipinski definition) is 3. The van der Waals surface area contributed by atoms with E-state index in [9.17, 15) is 0 Å². The smallest absolute Gasteiger partial charge is 0.0111 e. The highest BCUT2D eigenvalue weighted by Crippen LogP contribution is 2.27. The van der Waals surface area contributed by atoms with Crippen LogP contribution in [0.4, 0.5) is 0 Å². The molecule has 0 spiro atoms. The van der Waals surface area contributed by atoms with Crippen LogP contribution < -0.4 is 5.32 Å². The third-order valence-electron chi connectivity index (χ3n) is 5.12. The fourth-order valence-corrected chi connectivity index (χ4v) is 3.86. The predicted octanol–water partition coefficient (Wildman–Crippen LogP) is 1.69. The molecule has 1 saturated carbocycles. The van der Waals surface area contributed by atoms with E-state index in [0.717, 1.165) is 18.1 Å². The average Bonchev–Trinajstić information content (AvgIpc) is 3.12. The molecule has 3 aliphatic rings. The summed E-state index contributed by atoms with van der Waals surface area (Å²) in [6, 6.07) is 2.62. The molecule has 0 aromatic carbocycles. The second kappa shape index (κ2) is 5.89. The van der Waals surface area contributed by atoms with Crippen LogP contribution in [-0.4, -0.2) is 60.6 Å². The molecule has 3 heteroatoms. The summed E-state index contributed by atoms with van der Waals surface area (Å²) in [6.45, 7) is 8.68. The Kier molecular flexibility index (Phi) is 4.22. The van der Waals surface area contributed by atoms with Gasteiger partial charge in [-0.3, -0.25) is 4.90 Å². The van der Waals surface area contributed by atoms with E-state index < -0.39 is 0 Å². The SMILES string of the molecule is CCN(CCNC1CCN2CCCC2C1)C1CC1. The van der Waals surface area contributed by atoms with Crippen LogP contribution >= 0.6 is 0 Å². The van der Waals surface area contributed by atoms with Crippen LogP contribution in [0.5, 0.6) is 0 Å². The summed E-state index contributed by atoms with van der Waals surface area (Å²) < 4.78 is 0. The molecule has 0 amide bonds. The number of nitrogens with zero attached hydrogens (tertiary/aromatic N) is 2. The molecule has 0 aromatic heterocycles. The molecule has 1 N–H and O–H groups in total. The molecular formula is C15H29N3. The molecule has 18 heavy (non-hydrogen) atoms. The average molecular weight is 251 g/mol. The van der Waals surface area contributed by atoms with Crippen molar-refractivity contribution in [1.82, 2.24) is 15.1 Å². The summed E-state index contributed by atoms with van der Waals surface area (Å²) in [5.41, 5.74) is 0. The fourth-order valence-electron chi connectivity index (χ4n) is 3.86. The lowest BCUT2D eigenvalue weighted by molar-refractivity contribution is 0.163. The van der Waals surface area contributed by atoms with Crippen LogP contribution in [0, 0.1) is 0 Å². The lowest BCUT2D eigenvalue weighted by Gasteiger charge is -2.35. The van der Waals surface area contributed by atoms with Gasteiger partial charge in [-0.05, 0) is 58.2 Å². The highest BCUT2D eigenvalue weighted by atomic mass is 15.2. The number of fused-ring (bicyclic) bond motifs is 1. The van der Waals surface area contributed by atoms with Gasteiger partial charge in [-0.25, -0.2) is 0 Å². The third-order valence-corrected chi connectivity index (χ3v) is 5.12. The normalized spacial score (nSPS) is 33.0. The maximum absolute atomic E-state index is 3.81. The number of nitrogens with one attached hydrogen (secondary N) is 1. The minimum atomic E-state index is 0.794. The molecule has 0 radical (unpaired) electrons. The summed E-state index contributed by atoms with van der Waals surface area (Å²) in [6.07, 6.45) is 8.52. The lowest BCUT2D eigenvalue weighted by atomic mass is 9.97. The van der Waals surface area contributed by atoms with Crippen LogP contribution in [0.1, 0.15) is 45.4 Å². The molecule has 2 aliphatic heterocycles. The Morgan fingerprint density at radius 3 is 2.83 bits per heavy atom. The van der Waals surface area contributed by atoms with Crippen LogP contribution in [0.3, 0.4) is 0 Å². The maximum Gasteiger partial charge on any atom is 0.0111 e. The van der Waals surface area contributed by atoms with Gasteiger partial charge in [0.1, 0.15) is 0 Å². The predicted molar refractivity (Wildman–Crippen MR) is 75.9 cm³/mol. The number of rotatable bonds is 6. The van der Waals surface area contributed by atoms with Gasteiger partial charge in [0.25, 0.3) is 0 Å². The first-order valence-corrected chi connectivity index (χ1v) is 8.08. The van der Waals surface area contributed by atoms with Crippen LogP contribution in [0.2, 0.25) is 0 Å². The van der Waals surface area contributed by atoms with Gasteiger partial charge in [-0.2, -0.15) is 0 Å². The second-order valence-corrected chi connectivity index (χ2v) is 6.37. The second-order valence-electron chi connectivity index (χ2n) is 6.37. The van der Waals surface area contributed by atoms with E-state index in [1.807, 2.05) is 0 Å². The van der Waals surface area contributed by atoms with Crippen molar-refractivity contribution in [3.05, 3.63) is 0 Å². The zero-order valence-electron chi connectivity index (χ0n) is 11.9. The lowest BCUT2D eigenvalue weighted by Crippen LogP contribution is -2.47. The molecule has 0 aromatic rings. The molecule has 104 valence electrons. The zero-order chi connectivity index (χ0) is 12.4. The molecule has 0 bridgehead atoms.